The Morgan fingerprint density at radius 2 is 1.94 bits per heavy atom. The number of rotatable bonds is 6. The number of alkyl halides is 3. The second-order valence-corrected chi connectivity index (χ2v) is 9.67. The van der Waals surface area contributed by atoms with E-state index in [1.54, 1.807) is 20.0 Å². The first-order chi connectivity index (χ1) is 14.8. The average Bonchev–Trinajstić information content (AvgIpc) is 3.40. The van der Waals surface area contributed by atoms with E-state index >= 15 is 0 Å². The summed E-state index contributed by atoms with van der Waals surface area (Å²) in [6.07, 6.45) is -0.840. The molecule has 0 saturated heterocycles. The number of aryl methyl sites for hydroxylation is 2. The van der Waals surface area contributed by atoms with Crippen molar-refractivity contribution in [1.82, 2.24) is 19.1 Å². The van der Waals surface area contributed by atoms with E-state index in [4.69, 9.17) is 0 Å². The van der Waals surface area contributed by atoms with Crippen LogP contribution in [0.2, 0.25) is 0 Å². The minimum absolute atomic E-state index is 0.0689. The van der Waals surface area contributed by atoms with Gasteiger partial charge in [-0.05, 0) is 37.8 Å². The fourth-order valence-corrected chi connectivity index (χ4v) is 3.92. The van der Waals surface area contributed by atoms with Crippen LogP contribution in [0.3, 0.4) is 0 Å². The highest BCUT2D eigenvalue weighted by atomic mass is 32.2. The van der Waals surface area contributed by atoms with Gasteiger partial charge in [0.05, 0.1) is 17.5 Å². The standard InChI is InChI=1S/C19H20F3N5O4S/c1-10-6-12(9-26(2)17(10)28)13-7-14-15(16(23-13)25-32(3,29)30)24-18(31-19(20,21)22)27(14)8-11-4-5-11/h6-7,9,11H,4-5,8H2,1-3H3,(H,23,25). The van der Waals surface area contributed by atoms with Crippen molar-refractivity contribution in [3.63, 3.8) is 0 Å². The summed E-state index contributed by atoms with van der Waals surface area (Å²) < 4.78 is 71.8. The summed E-state index contributed by atoms with van der Waals surface area (Å²) in [4.78, 5) is 20.3. The molecule has 3 heterocycles. The van der Waals surface area contributed by atoms with Crippen LogP contribution in [0, 0.1) is 12.8 Å². The molecule has 1 N–H and O–H groups in total. The van der Waals surface area contributed by atoms with Gasteiger partial charge in [0.25, 0.3) is 5.56 Å². The number of pyridine rings is 2. The second-order valence-electron chi connectivity index (χ2n) is 7.92. The minimum atomic E-state index is -4.97. The van der Waals surface area contributed by atoms with Crippen molar-refractivity contribution in [3.8, 4) is 17.3 Å². The number of nitrogens with one attached hydrogen (secondary N) is 1. The lowest BCUT2D eigenvalue weighted by Crippen LogP contribution is -2.20. The summed E-state index contributed by atoms with van der Waals surface area (Å²) in [5.41, 5.74) is 1.12. The van der Waals surface area contributed by atoms with Crippen LogP contribution in [0.5, 0.6) is 6.01 Å². The van der Waals surface area contributed by atoms with Crippen molar-refractivity contribution in [2.75, 3.05) is 11.0 Å². The molecule has 1 aliphatic carbocycles. The van der Waals surface area contributed by atoms with Gasteiger partial charge in [-0.1, -0.05) is 0 Å². The van der Waals surface area contributed by atoms with Crippen molar-refractivity contribution in [1.29, 1.82) is 0 Å². The van der Waals surface area contributed by atoms with E-state index in [2.05, 4.69) is 19.4 Å². The first kappa shape index (κ1) is 22.1. The molecule has 0 unspecified atom stereocenters. The maximum absolute atomic E-state index is 13.0. The van der Waals surface area contributed by atoms with Gasteiger partial charge in [-0.25, -0.2) is 13.4 Å². The third kappa shape index (κ3) is 4.71. The summed E-state index contributed by atoms with van der Waals surface area (Å²) in [5.74, 6) is -0.0567. The van der Waals surface area contributed by atoms with E-state index in [0.717, 1.165) is 19.1 Å². The van der Waals surface area contributed by atoms with E-state index in [9.17, 15) is 26.4 Å². The molecular formula is C19H20F3N5O4S. The first-order valence-electron chi connectivity index (χ1n) is 9.63. The summed E-state index contributed by atoms with van der Waals surface area (Å²) in [6, 6.07) is 2.40. The van der Waals surface area contributed by atoms with Crippen molar-refractivity contribution < 1.29 is 26.3 Å². The van der Waals surface area contributed by atoms with E-state index in [1.807, 2.05) is 0 Å². The summed E-state index contributed by atoms with van der Waals surface area (Å²) in [5, 5.41) is 0. The lowest BCUT2D eigenvalue weighted by Gasteiger charge is -2.12. The predicted octanol–water partition coefficient (Wildman–Crippen LogP) is 2.79. The number of halogens is 3. The van der Waals surface area contributed by atoms with Crippen LogP contribution < -0.4 is 15.0 Å². The molecule has 0 radical (unpaired) electrons. The SMILES string of the molecule is Cc1cc(-c2cc3c(nc(OC(F)(F)F)n3CC3CC3)c(NS(C)(=O)=O)n2)cn(C)c1=O. The fourth-order valence-electron chi connectivity index (χ4n) is 3.43. The Bertz CT molecular complexity index is 1350. The van der Waals surface area contributed by atoms with Crippen LogP contribution in [-0.2, 0) is 23.6 Å². The van der Waals surface area contributed by atoms with Gasteiger partial charge in [-0.3, -0.25) is 14.1 Å². The van der Waals surface area contributed by atoms with Crippen LogP contribution in [0.25, 0.3) is 22.3 Å². The number of ether oxygens (including phenoxy) is 1. The van der Waals surface area contributed by atoms with Gasteiger partial charge in [-0.2, -0.15) is 4.98 Å². The number of sulfonamides is 1. The molecule has 1 saturated carbocycles. The summed E-state index contributed by atoms with van der Waals surface area (Å²) in [6.45, 7) is 1.85. The Labute approximate surface area is 180 Å². The maximum atomic E-state index is 13.0. The van der Waals surface area contributed by atoms with Gasteiger partial charge < -0.3 is 9.30 Å². The van der Waals surface area contributed by atoms with Gasteiger partial charge in [0.2, 0.25) is 10.0 Å². The predicted molar refractivity (Wildman–Crippen MR) is 111 cm³/mol. The molecule has 4 rings (SSSR count). The molecule has 0 spiro atoms. The lowest BCUT2D eigenvalue weighted by molar-refractivity contribution is -0.278. The topological polar surface area (TPSA) is 108 Å². The maximum Gasteiger partial charge on any atom is 0.575 e. The summed E-state index contributed by atoms with van der Waals surface area (Å²) in [7, 11) is -2.26. The number of hydrogen-bond acceptors (Lipinski definition) is 6. The molecule has 13 heteroatoms. The largest absolute Gasteiger partial charge is 0.575 e. The molecule has 32 heavy (non-hydrogen) atoms. The minimum Gasteiger partial charge on any atom is -0.372 e. The molecule has 0 bridgehead atoms. The molecule has 3 aromatic rings. The Hall–Kier alpha value is -3.09. The highest BCUT2D eigenvalue weighted by molar-refractivity contribution is 7.92. The molecule has 9 nitrogen and oxygen atoms in total. The summed E-state index contributed by atoms with van der Waals surface area (Å²) >= 11 is 0. The third-order valence-corrected chi connectivity index (χ3v) is 5.55. The van der Waals surface area contributed by atoms with Gasteiger partial charge >= 0.3 is 12.4 Å². The first-order valence-corrected chi connectivity index (χ1v) is 11.5. The monoisotopic (exact) mass is 471 g/mol. The zero-order valence-corrected chi connectivity index (χ0v) is 18.2. The lowest BCUT2D eigenvalue weighted by atomic mass is 10.1. The van der Waals surface area contributed by atoms with Gasteiger partial charge in [0.15, 0.2) is 5.82 Å². The van der Waals surface area contributed by atoms with Crippen molar-refractivity contribution in [2.24, 2.45) is 13.0 Å². The highest BCUT2D eigenvalue weighted by Gasteiger charge is 2.35. The van der Waals surface area contributed by atoms with Gasteiger partial charge in [-0.15, -0.1) is 13.2 Å². The Morgan fingerprint density at radius 3 is 2.50 bits per heavy atom. The smallest absolute Gasteiger partial charge is 0.372 e. The molecule has 0 atom stereocenters. The van der Waals surface area contributed by atoms with E-state index in [0.29, 0.717) is 11.1 Å². The Morgan fingerprint density at radius 1 is 1.25 bits per heavy atom. The van der Waals surface area contributed by atoms with Crippen LogP contribution >= 0.6 is 0 Å². The van der Waals surface area contributed by atoms with E-state index in [-0.39, 0.29) is 40.6 Å². The number of hydrogen-bond donors (Lipinski definition) is 1. The second kappa shape index (κ2) is 7.50. The Balaban J connectivity index is 1.99. The van der Waals surface area contributed by atoms with Crippen molar-refractivity contribution in [3.05, 3.63) is 34.2 Å². The molecule has 1 aliphatic rings. The molecule has 0 aliphatic heterocycles. The molecule has 0 amide bonds. The zero-order valence-electron chi connectivity index (χ0n) is 17.4. The molecule has 3 aromatic heterocycles. The van der Waals surface area contributed by atoms with E-state index < -0.39 is 22.4 Å². The quantitative estimate of drug-likeness (QED) is 0.592. The average molecular weight is 471 g/mol. The van der Waals surface area contributed by atoms with Gasteiger partial charge in [0, 0.05) is 30.9 Å². The number of aromatic nitrogens is 4. The normalized spacial score (nSPS) is 14.7. The molecule has 1 fully saturated rings. The van der Waals surface area contributed by atoms with Crippen LogP contribution in [0.15, 0.2) is 23.1 Å². The fraction of sp³-hybridized carbons (Fsp3) is 0.421. The van der Waals surface area contributed by atoms with Crippen molar-refractivity contribution >= 4 is 26.9 Å². The van der Waals surface area contributed by atoms with Gasteiger partial charge in [0.1, 0.15) is 5.52 Å². The Kier molecular flexibility index (Phi) is 5.18. The van der Waals surface area contributed by atoms with E-state index in [1.165, 1.54) is 21.4 Å². The number of imidazole rings is 1. The third-order valence-electron chi connectivity index (χ3n) is 4.99. The highest BCUT2D eigenvalue weighted by Crippen LogP contribution is 2.37. The molecule has 172 valence electrons. The van der Waals surface area contributed by atoms with Crippen LogP contribution in [0.4, 0.5) is 19.0 Å². The number of nitrogens with zero attached hydrogens (tertiary/aromatic N) is 4. The number of anilines is 1. The van der Waals surface area contributed by atoms with Crippen LogP contribution in [-0.4, -0.2) is 40.1 Å². The van der Waals surface area contributed by atoms with Crippen LogP contribution in [0.1, 0.15) is 18.4 Å². The number of fused-ring (bicyclic) bond motifs is 1. The molecular weight excluding hydrogens is 451 g/mol. The zero-order chi connectivity index (χ0) is 23.4. The van der Waals surface area contributed by atoms with Crippen molar-refractivity contribution in [2.45, 2.75) is 32.7 Å². The molecule has 0 aromatic carbocycles.